The summed E-state index contributed by atoms with van der Waals surface area (Å²) in [7, 11) is 3.93. The number of benzene rings is 1. The van der Waals surface area contributed by atoms with E-state index in [1.54, 1.807) is 11.0 Å². The van der Waals surface area contributed by atoms with E-state index in [9.17, 15) is 13.6 Å². The predicted molar refractivity (Wildman–Crippen MR) is 76.4 cm³/mol. The number of rotatable bonds is 5. The van der Waals surface area contributed by atoms with E-state index in [4.69, 9.17) is 0 Å². The van der Waals surface area contributed by atoms with Gasteiger partial charge in [0.25, 0.3) is 0 Å². The van der Waals surface area contributed by atoms with E-state index in [0.29, 0.717) is 12.3 Å². The molecule has 2 rings (SSSR count). The molecule has 0 aliphatic carbocycles. The number of nitrogens with zero attached hydrogens (tertiary/aromatic N) is 2. The van der Waals surface area contributed by atoms with Gasteiger partial charge in [-0.2, -0.15) is 0 Å². The van der Waals surface area contributed by atoms with Crippen LogP contribution in [0.25, 0.3) is 0 Å². The van der Waals surface area contributed by atoms with Crippen molar-refractivity contribution in [1.82, 2.24) is 9.80 Å². The predicted octanol–water partition coefficient (Wildman–Crippen LogP) is 2.49. The average molecular weight is 300 g/mol. The maximum Gasteiger partial charge on any atom is 0.233 e. The SMILES string of the molecule is CN(C)CCCN1C(=O)CSC1c1cccc(F)c1F. The lowest BCUT2D eigenvalue weighted by molar-refractivity contribution is -0.128. The maximum absolute atomic E-state index is 13.9. The number of thioether (sulfide) groups is 1. The van der Waals surface area contributed by atoms with Gasteiger partial charge < -0.3 is 9.80 Å². The van der Waals surface area contributed by atoms with Gasteiger partial charge in [0, 0.05) is 12.1 Å². The number of carbonyl (C=O) groups excluding carboxylic acids is 1. The summed E-state index contributed by atoms with van der Waals surface area (Å²) in [4.78, 5) is 15.6. The first kappa shape index (κ1) is 15.3. The zero-order valence-corrected chi connectivity index (χ0v) is 12.4. The molecule has 1 amide bonds. The van der Waals surface area contributed by atoms with Crippen LogP contribution in [-0.2, 0) is 4.79 Å². The molecule has 0 bridgehead atoms. The number of hydrogen-bond donors (Lipinski definition) is 0. The van der Waals surface area contributed by atoms with Gasteiger partial charge >= 0.3 is 0 Å². The van der Waals surface area contributed by atoms with Crippen LogP contribution in [-0.4, -0.2) is 48.6 Å². The van der Waals surface area contributed by atoms with Crippen LogP contribution in [0.1, 0.15) is 17.4 Å². The van der Waals surface area contributed by atoms with Gasteiger partial charge in [0.05, 0.1) is 5.75 Å². The van der Waals surface area contributed by atoms with Crippen molar-refractivity contribution in [1.29, 1.82) is 0 Å². The third kappa shape index (κ3) is 3.30. The van der Waals surface area contributed by atoms with Crippen LogP contribution in [0.3, 0.4) is 0 Å². The maximum atomic E-state index is 13.9. The van der Waals surface area contributed by atoms with E-state index in [1.165, 1.54) is 17.8 Å². The Morgan fingerprint density at radius 3 is 2.85 bits per heavy atom. The van der Waals surface area contributed by atoms with E-state index in [2.05, 4.69) is 0 Å². The molecular weight excluding hydrogens is 282 g/mol. The smallest absolute Gasteiger partial charge is 0.233 e. The zero-order valence-electron chi connectivity index (χ0n) is 11.6. The normalized spacial score (nSPS) is 19.1. The van der Waals surface area contributed by atoms with Gasteiger partial charge in [-0.05, 0) is 33.1 Å². The Balaban J connectivity index is 2.13. The minimum atomic E-state index is -0.865. The minimum Gasteiger partial charge on any atom is -0.326 e. The molecule has 1 aromatic rings. The second kappa shape index (κ2) is 6.54. The quantitative estimate of drug-likeness (QED) is 0.835. The molecule has 0 aromatic heterocycles. The van der Waals surface area contributed by atoms with Gasteiger partial charge in [-0.3, -0.25) is 4.79 Å². The van der Waals surface area contributed by atoms with Gasteiger partial charge in [0.1, 0.15) is 5.37 Å². The Kier molecular flexibility index (Phi) is 4.99. The van der Waals surface area contributed by atoms with Crippen LogP contribution in [0.5, 0.6) is 0 Å². The van der Waals surface area contributed by atoms with E-state index in [1.807, 2.05) is 19.0 Å². The lowest BCUT2D eigenvalue weighted by Gasteiger charge is -2.25. The zero-order chi connectivity index (χ0) is 14.7. The van der Waals surface area contributed by atoms with Crippen molar-refractivity contribution in [2.75, 3.05) is 32.9 Å². The van der Waals surface area contributed by atoms with E-state index in [-0.39, 0.29) is 11.5 Å². The van der Waals surface area contributed by atoms with Crippen LogP contribution in [0, 0.1) is 11.6 Å². The summed E-state index contributed by atoms with van der Waals surface area (Å²) in [5.41, 5.74) is 0.255. The van der Waals surface area contributed by atoms with Crippen molar-refractivity contribution < 1.29 is 13.6 Å². The average Bonchev–Trinajstić information content (AvgIpc) is 2.74. The summed E-state index contributed by atoms with van der Waals surface area (Å²) in [6.45, 7) is 1.41. The molecule has 1 fully saturated rings. The molecule has 6 heteroatoms. The second-order valence-corrected chi connectivity index (χ2v) is 6.12. The Bertz CT molecular complexity index is 496. The molecule has 1 atom stereocenters. The van der Waals surface area contributed by atoms with Crippen LogP contribution >= 0.6 is 11.8 Å². The summed E-state index contributed by atoms with van der Waals surface area (Å²) in [5, 5.41) is -0.416. The van der Waals surface area contributed by atoms with Crippen molar-refractivity contribution in [3.8, 4) is 0 Å². The van der Waals surface area contributed by atoms with Gasteiger partial charge in [0.15, 0.2) is 11.6 Å². The Morgan fingerprint density at radius 1 is 1.40 bits per heavy atom. The number of carbonyl (C=O) groups is 1. The molecule has 1 aromatic carbocycles. The Hall–Kier alpha value is -1.14. The minimum absolute atomic E-state index is 0.0117. The molecule has 20 heavy (non-hydrogen) atoms. The number of halogens is 2. The summed E-state index contributed by atoms with van der Waals surface area (Å²) in [6, 6.07) is 4.12. The highest BCUT2D eigenvalue weighted by atomic mass is 32.2. The van der Waals surface area contributed by atoms with Crippen LogP contribution in [0.2, 0.25) is 0 Å². The van der Waals surface area contributed by atoms with Crippen molar-refractivity contribution in [3.63, 3.8) is 0 Å². The second-order valence-electron chi connectivity index (χ2n) is 5.05. The highest BCUT2D eigenvalue weighted by Gasteiger charge is 2.34. The lowest BCUT2D eigenvalue weighted by Crippen LogP contribution is -2.31. The summed E-state index contributed by atoms with van der Waals surface area (Å²) >= 11 is 1.35. The van der Waals surface area contributed by atoms with Crippen molar-refractivity contribution in [3.05, 3.63) is 35.4 Å². The van der Waals surface area contributed by atoms with Crippen molar-refractivity contribution in [2.45, 2.75) is 11.8 Å². The van der Waals surface area contributed by atoms with Gasteiger partial charge in [-0.1, -0.05) is 12.1 Å². The van der Waals surface area contributed by atoms with Crippen LogP contribution in [0.4, 0.5) is 8.78 Å². The molecule has 0 spiro atoms. The Morgan fingerprint density at radius 2 is 2.15 bits per heavy atom. The third-order valence-electron chi connectivity index (χ3n) is 3.22. The van der Waals surface area contributed by atoms with E-state index < -0.39 is 17.0 Å². The first-order valence-electron chi connectivity index (χ1n) is 6.50. The summed E-state index contributed by atoms with van der Waals surface area (Å²) < 4.78 is 27.2. The molecular formula is C14H18F2N2OS. The molecule has 110 valence electrons. The van der Waals surface area contributed by atoms with Crippen molar-refractivity contribution in [2.24, 2.45) is 0 Å². The molecule has 1 unspecified atom stereocenters. The van der Waals surface area contributed by atoms with Gasteiger partial charge in [-0.25, -0.2) is 8.78 Å². The fourth-order valence-corrected chi connectivity index (χ4v) is 3.45. The topological polar surface area (TPSA) is 23.6 Å². The molecule has 0 N–H and O–H groups in total. The molecule has 0 radical (unpaired) electrons. The molecule has 0 saturated carbocycles. The summed E-state index contributed by atoms with van der Waals surface area (Å²) in [6.07, 6.45) is 0.812. The fraction of sp³-hybridized carbons (Fsp3) is 0.500. The molecule has 1 aliphatic rings. The monoisotopic (exact) mass is 300 g/mol. The molecule has 1 aliphatic heterocycles. The standard InChI is InChI=1S/C14H18F2N2OS/c1-17(2)7-4-8-18-12(19)9-20-14(18)10-5-3-6-11(15)13(10)16/h3,5-6,14H,4,7-9H2,1-2H3. The highest BCUT2D eigenvalue weighted by molar-refractivity contribution is 8.00. The number of hydrogen-bond acceptors (Lipinski definition) is 3. The van der Waals surface area contributed by atoms with E-state index in [0.717, 1.165) is 19.0 Å². The number of amides is 1. The fourth-order valence-electron chi connectivity index (χ4n) is 2.22. The van der Waals surface area contributed by atoms with Crippen molar-refractivity contribution >= 4 is 17.7 Å². The molecule has 3 nitrogen and oxygen atoms in total. The van der Waals surface area contributed by atoms with Gasteiger partial charge in [0.2, 0.25) is 5.91 Å². The van der Waals surface area contributed by atoms with Gasteiger partial charge in [-0.15, -0.1) is 11.8 Å². The molecule has 1 saturated heterocycles. The lowest BCUT2D eigenvalue weighted by atomic mass is 10.2. The highest BCUT2D eigenvalue weighted by Crippen LogP contribution is 2.39. The first-order chi connectivity index (χ1) is 9.50. The van der Waals surface area contributed by atoms with Crippen LogP contribution < -0.4 is 0 Å². The third-order valence-corrected chi connectivity index (χ3v) is 4.46. The largest absolute Gasteiger partial charge is 0.326 e. The first-order valence-corrected chi connectivity index (χ1v) is 7.55. The summed E-state index contributed by atoms with van der Waals surface area (Å²) in [5.74, 6) is -1.40. The Labute approximate surface area is 121 Å². The molecule has 1 heterocycles. The van der Waals surface area contributed by atoms with Crippen LogP contribution in [0.15, 0.2) is 18.2 Å². The van der Waals surface area contributed by atoms with E-state index >= 15 is 0 Å².